The van der Waals surface area contributed by atoms with Crippen LogP contribution in [0, 0.1) is 6.92 Å². The van der Waals surface area contributed by atoms with Crippen LogP contribution in [0.15, 0.2) is 36.9 Å². The highest BCUT2D eigenvalue weighted by Gasteiger charge is 2.04. The molecular weight excluding hydrogens is 194 g/mol. The van der Waals surface area contributed by atoms with Gasteiger partial charge in [0, 0.05) is 6.04 Å². The zero-order valence-corrected chi connectivity index (χ0v) is 10.5. The van der Waals surface area contributed by atoms with Gasteiger partial charge in [0.2, 0.25) is 0 Å². The molecule has 0 spiro atoms. The summed E-state index contributed by atoms with van der Waals surface area (Å²) in [6.45, 7) is 9.13. The van der Waals surface area contributed by atoms with E-state index in [0.29, 0.717) is 6.04 Å². The van der Waals surface area contributed by atoms with Crippen LogP contribution in [-0.4, -0.2) is 12.6 Å². The summed E-state index contributed by atoms with van der Waals surface area (Å²) < 4.78 is 0. The van der Waals surface area contributed by atoms with Gasteiger partial charge in [0.1, 0.15) is 0 Å². The quantitative estimate of drug-likeness (QED) is 0.689. The zero-order valence-electron chi connectivity index (χ0n) is 10.5. The van der Waals surface area contributed by atoms with Gasteiger partial charge in [-0.15, -0.1) is 6.58 Å². The van der Waals surface area contributed by atoms with Crippen molar-refractivity contribution >= 4 is 0 Å². The monoisotopic (exact) mass is 217 g/mol. The Bertz CT molecular complexity index is 300. The minimum atomic E-state index is 0.573. The average Bonchev–Trinajstić information content (AvgIpc) is 2.29. The van der Waals surface area contributed by atoms with E-state index in [0.717, 1.165) is 19.4 Å². The van der Waals surface area contributed by atoms with E-state index in [2.05, 4.69) is 50.0 Å². The van der Waals surface area contributed by atoms with Crippen molar-refractivity contribution < 1.29 is 0 Å². The molecule has 0 fully saturated rings. The Morgan fingerprint density at radius 2 is 2.00 bits per heavy atom. The maximum Gasteiger partial charge on any atom is 0.0104 e. The number of hydrogen-bond donors (Lipinski definition) is 1. The fourth-order valence-electron chi connectivity index (χ4n) is 1.89. The van der Waals surface area contributed by atoms with Gasteiger partial charge in [-0.1, -0.05) is 42.8 Å². The van der Waals surface area contributed by atoms with Crippen LogP contribution in [0.5, 0.6) is 0 Å². The summed E-state index contributed by atoms with van der Waals surface area (Å²) in [6, 6.07) is 9.40. The summed E-state index contributed by atoms with van der Waals surface area (Å²) >= 11 is 0. The largest absolute Gasteiger partial charge is 0.314 e. The lowest BCUT2D eigenvalue weighted by Crippen LogP contribution is -2.28. The first-order valence-corrected chi connectivity index (χ1v) is 6.16. The molecule has 88 valence electrons. The Balaban J connectivity index is 2.41. The summed E-state index contributed by atoms with van der Waals surface area (Å²) in [5.74, 6) is 0. The van der Waals surface area contributed by atoms with E-state index in [1.807, 2.05) is 6.08 Å². The molecule has 1 unspecified atom stereocenters. The number of hydrogen-bond acceptors (Lipinski definition) is 1. The molecular formula is C15H23N. The molecule has 0 heterocycles. The zero-order chi connectivity index (χ0) is 11.8. The van der Waals surface area contributed by atoms with Crippen molar-refractivity contribution in [2.45, 2.75) is 39.2 Å². The summed E-state index contributed by atoms with van der Waals surface area (Å²) in [4.78, 5) is 0. The van der Waals surface area contributed by atoms with Crippen molar-refractivity contribution in [2.75, 3.05) is 6.54 Å². The first kappa shape index (κ1) is 13.0. The summed E-state index contributed by atoms with van der Waals surface area (Å²) in [7, 11) is 0. The molecule has 0 aliphatic carbocycles. The van der Waals surface area contributed by atoms with Crippen molar-refractivity contribution in [3.63, 3.8) is 0 Å². The fraction of sp³-hybridized carbons (Fsp3) is 0.467. The molecule has 0 saturated carbocycles. The van der Waals surface area contributed by atoms with Crippen LogP contribution in [0.4, 0.5) is 0 Å². The summed E-state index contributed by atoms with van der Waals surface area (Å²) in [6.07, 6.45) is 5.39. The molecule has 1 heteroatoms. The molecule has 0 bridgehead atoms. The predicted octanol–water partition coefficient (Wildman–Crippen LogP) is 3.48. The van der Waals surface area contributed by atoms with Crippen molar-refractivity contribution in [3.8, 4) is 0 Å². The van der Waals surface area contributed by atoms with E-state index in [9.17, 15) is 0 Å². The molecule has 1 aromatic carbocycles. The molecule has 0 saturated heterocycles. The number of rotatable bonds is 7. The second-order valence-electron chi connectivity index (χ2n) is 4.30. The summed E-state index contributed by atoms with van der Waals surface area (Å²) in [5.41, 5.74) is 2.76. The molecule has 16 heavy (non-hydrogen) atoms. The highest BCUT2D eigenvalue weighted by molar-refractivity contribution is 5.21. The van der Waals surface area contributed by atoms with Gasteiger partial charge in [0.05, 0.1) is 0 Å². The molecule has 1 nitrogen and oxygen atoms in total. The van der Waals surface area contributed by atoms with Crippen LogP contribution in [0.1, 0.15) is 30.9 Å². The minimum Gasteiger partial charge on any atom is -0.314 e. The third-order valence-corrected chi connectivity index (χ3v) is 2.85. The van der Waals surface area contributed by atoms with Crippen molar-refractivity contribution in [1.29, 1.82) is 0 Å². The van der Waals surface area contributed by atoms with Crippen LogP contribution in [0.3, 0.4) is 0 Å². The smallest absolute Gasteiger partial charge is 0.0104 e. The highest BCUT2D eigenvalue weighted by atomic mass is 14.9. The normalized spacial score (nSPS) is 12.4. The van der Waals surface area contributed by atoms with Crippen molar-refractivity contribution in [3.05, 3.63) is 48.0 Å². The lowest BCUT2D eigenvalue weighted by molar-refractivity contribution is 0.498. The van der Waals surface area contributed by atoms with Crippen LogP contribution in [0.2, 0.25) is 0 Å². The van der Waals surface area contributed by atoms with Gasteiger partial charge in [-0.3, -0.25) is 0 Å². The lowest BCUT2D eigenvalue weighted by Gasteiger charge is -2.15. The molecule has 1 atom stereocenters. The number of aryl methyl sites for hydroxylation is 2. The van der Waals surface area contributed by atoms with Gasteiger partial charge in [0.15, 0.2) is 0 Å². The fourth-order valence-corrected chi connectivity index (χ4v) is 1.89. The number of nitrogens with one attached hydrogen (secondary N) is 1. The van der Waals surface area contributed by atoms with Gasteiger partial charge in [-0.05, 0) is 38.3 Å². The third kappa shape index (κ3) is 4.63. The molecule has 0 aliphatic rings. The Morgan fingerprint density at radius 1 is 1.31 bits per heavy atom. The SMILES string of the molecule is C=CCC(CCc1ccc(C)cc1)NCC. The van der Waals surface area contributed by atoms with Gasteiger partial charge < -0.3 is 5.32 Å². The van der Waals surface area contributed by atoms with Crippen LogP contribution < -0.4 is 5.32 Å². The van der Waals surface area contributed by atoms with Crippen LogP contribution >= 0.6 is 0 Å². The number of benzene rings is 1. The first-order valence-electron chi connectivity index (χ1n) is 6.16. The van der Waals surface area contributed by atoms with E-state index in [-0.39, 0.29) is 0 Å². The van der Waals surface area contributed by atoms with Crippen LogP contribution in [-0.2, 0) is 6.42 Å². The standard InChI is InChI=1S/C15H23N/c1-4-6-15(16-5-2)12-11-14-9-7-13(3)8-10-14/h4,7-10,15-16H,1,5-6,11-12H2,2-3H3. The molecule has 1 rings (SSSR count). The Labute approximate surface area is 99.6 Å². The highest BCUT2D eigenvalue weighted by Crippen LogP contribution is 2.09. The summed E-state index contributed by atoms with van der Waals surface area (Å²) in [5, 5.41) is 3.49. The third-order valence-electron chi connectivity index (χ3n) is 2.85. The first-order chi connectivity index (χ1) is 7.76. The average molecular weight is 217 g/mol. The molecule has 0 amide bonds. The Kier molecular flexibility index (Phi) is 5.87. The van der Waals surface area contributed by atoms with E-state index < -0.39 is 0 Å². The molecule has 0 radical (unpaired) electrons. The maximum atomic E-state index is 3.81. The van der Waals surface area contributed by atoms with E-state index in [1.165, 1.54) is 17.5 Å². The van der Waals surface area contributed by atoms with Crippen molar-refractivity contribution in [1.82, 2.24) is 5.32 Å². The van der Waals surface area contributed by atoms with Crippen LogP contribution in [0.25, 0.3) is 0 Å². The van der Waals surface area contributed by atoms with E-state index in [4.69, 9.17) is 0 Å². The Morgan fingerprint density at radius 3 is 2.56 bits per heavy atom. The van der Waals surface area contributed by atoms with E-state index in [1.54, 1.807) is 0 Å². The Hall–Kier alpha value is -1.08. The van der Waals surface area contributed by atoms with Gasteiger partial charge >= 0.3 is 0 Å². The predicted molar refractivity (Wildman–Crippen MR) is 71.8 cm³/mol. The molecule has 0 aliphatic heterocycles. The second-order valence-corrected chi connectivity index (χ2v) is 4.30. The lowest BCUT2D eigenvalue weighted by atomic mass is 10.0. The van der Waals surface area contributed by atoms with Gasteiger partial charge in [-0.25, -0.2) is 0 Å². The van der Waals surface area contributed by atoms with E-state index >= 15 is 0 Å². The molecule has 0 aromatic heterocycles. The topological polar surface area (TPSA) is 12.0 Å². The van der Waals surface area contributed by atoms with Gasteiger partial charge in [0.25, 0.3) is 0 Å². The minimum absolute atomic E-state index is 0.573. The molecule has 1 aromatic rings. The van der Waals surface area contributed by atoms with Crippen molar-refractivity contribution in [2.24, 2.45) is 0 Å². The second kappa shape index (κ2) is 7.24. The maximum absolute atomic E-state index is 3.81. The molecule has 1 N–H and O–H groups in total. The van der Waals surface area contributed by atoms with Gasteiger partial charge in [-0.2, -0.15) is 0 Å².